The summed E-state index contributed by atoms with van der Waals surface area (Å²) in [6.45, 7) is 4.28. The van der Waals surface area contributed by atoms with Gasteiger partial charge >= 0.3 is 0 Å². The third-order valence-corrected chi connectivity index (χ3v) is 6.36. The van der Waals surface area contributed by atoms with Gasteiger partial charge < -0.3 is 24.3 Å². The molecule has 0 unspecified atom stereocenters. The Labute approximate surface area is 188 Å². The van der Waals surface area contributed by atoms with Gasteiger partial charge in [0.05, 0.1) is 32.2 Å². The van der Waals surface area contributed by atoms with Gasteiger partial charge in [0, 0.05) is 6.07 Å². The molecule has 0 radical (unpaired) electrons. The van der Waals surface area contributed by atoms with E-state index in [-0.39, 0.29) is 5.69 Å². The van der Waals surface area contributed by atoms with Gasteiger partial charge in [0.2, 0.25) is 15.9 Å². The summed E-state index contributed by atoms with van der Waals surface area (Å²) >= 11 is 0. The van der Waals surface area contributed by atoms with Gasteiger partial charge in [-0.1, -0.05) is 6.07 Å². The summed E-state index contributed by atoms with van der Waals surface area (Å²) in [5.41, 5.74) is 1.02. The molecular weight excluding hydrogens is 436 g/mol. The Morgan fingerprint density at radius 3 is 2.34 bits per heavy atom. The van der Waals surface area contributed by atoms with Crippen LogP contribution in [0.4, 0.5) is 5.69 Å². The van der Waals surface area contributed by atoms with Gasteiger partial charge in [0.25, 0.3) is 0 Å². The summed E-state index contributed by atoms with van der Waals surface area (Å²) in [5, 5.41) is 2.88. The molecule has 9 nitrogen and oxygen atoms in total. The van der Waals surface area contributed by atoms with Crippen molar-refractivity contribution in [2.24, 2.45) is 0 Å². The maximum absolute atomic E-state index is 13.1. The number of hydrogen-bond acceptors (Lipinski definition) is 7. The molecule has 0 saturated heterocycles. The van der Waals surface area contributed by atoms with Crippen molar-refractivity contribution in [3.63, 3.8) is 0 Å². The molecule has 2 atom stereocenters. The molecule has 1 aliphatic heterocycles. The van der Waals surface area contributed by atoms with Crippen LogP contribution in [0.2, 0.25) is 0 Å². The maximum Gasteiger partial charge on any atom is 0.244 e. The minimum atomic E-state index is -3.83. The number of benzene rings is 2. The fraction of sp³-hybridized carbons (Fsp3) is 0.409. The molecule has 2 aromatic rings. The van der Waals surface area contributed by atoms with Gasteiger partial charge in [-0.2, -0.15) is 0 Å². The lowest BCUT2D eigenvalue weighted by molar-refractivity contribution is -0.122. The second-order valence-electron chi connectivity index (χ2n) is 7.41. The number of nitrogens with zero attached hydrogens (tertiary/aromatic N) is 1. The maximum atomic E-state index is 13.1. The Morgan fingerprint density at radius 1 is 1.03 bits per heavy atom. The molecule has 0 bridgehead atoms. The van der Waals surface area contributed by atoms with Gasteiger partial charge in [0.15, 0.2) is 11.5 Å². The van der Waals surface area contributed by atoms with E-state index < -0.39 is 28.0 Å². The van der Waals surface area contributed by atoms with E-state index in [0.717, 1.165) is 16.1 Å². The van der Waals surface area contributed by atoms with Crippen LogP contribution in [0.3, 0.4) is 0 Å². The summed E-state index contributed by atoms with van der Waals surface area (Å²) < 4.78 is 48.1. The smallest absolute Gasteiger partial charge is 0.244 e. The van der Waals surface area contributed by atoms with E-state index in [4.69, 9.17) is 18.9 Å². The van der Waals surface area contributed by atoms with Crippen LogP contribution in [0.5, 0.6) is 23.0 Å². The molecule has 3 rings (SSSR count). The largest absolute Gasteiger partial charge is 0.497 e. The number of nitrogens with one attached hydrogen (secondary N) is 1. The highest BCUT2D eigenvalue weighted by molar-refractivity contribution is 7.92. The summed E-state index contributed by atoms with van der Waals surface area (Å²) in [6.07, 6.45) is 1.04. The zero-order chi connectivity index (χ0) is 23.5. The van der Waals surface area contributed by atoms with Crippen molar-refractivity contribution < 1.29 is 32.2 Å². The van der Waals surface area contributed by atoms with Crippen LogP contribution in [0.15, 0.2) is 36.4 Å². The number of anilines is 1. The van der Waals surface area contributed by atoms with Crippen LogP contribution in [0.25, 0.3) is 0 Å². The molecule has 1 aliphatic rings. The third kappa shape index (κ3) is 5.01. The first-order chi connectivity index (χ1) is 15.2. The summed E-state index contributed by atoms with van der Waals surface area (Å²) in [5.74, 6) is 1.53. The predicted molar refractivity (Wildman–Crippen MR) is 120 cm³/mol. The fourth-order valence-corrected chi connectivity index (χ4v) is 4.67. The molecule has 174 valence electrons. The van der Waals surface area contributed by atoms with Crippen LogP contribution in [0.1, 0.15) is 25.5 Å². The SMILES string of the molecule is COc1ccc(OC)c(N([C@@H](C)C(=O)N[C@@H](C)c2ccc3c(c2)OCCO3)S(C)(=O)=O)c1. The zero-order valence-corrected chi connectivity index (χ0v) is 19.6. The number of carbonyl (C=O) groups is 1. The molecule has 0 spiro atoms. The van der Waals surface area contributed by atoms with Crippen LogP contribution in [-0.4, -0.2) is 54.1 Å². The minimum absolute atomic E-state index is 0.212. The van der Waals surface area contributed by atoms with Crippen LogP contribution in [0, 0.1) is 0 Å². The number of hydrogen-bond donors (Lipinski definition) is 1. The summed E-state index contributed by atoms with van der Waals surface area (Å²) in [4.78, 5) is 13.1. The van der Waals surface area contributed by atoms with Crippen LogP contribution < -0.4 is 28.6 Å². The van der Waals surface area contributed by atoms with Crippen molar-refractivity contribution in [1.82, 2.24) is 5.32 Å². The first kappa shape index (κ1) is 23.5. The van der Waals surface area contributed by atoms with Crippen molar-refractivity contribution in [3.05, 3.63) is 42.0 Å². The van der Waals surface area contributed by atoms with Gasteiger partial charge in [-0.25, -0.2) is 8.42 Å². The predicted octanol–water partition coefficient (Wildman–Crippen LogP) is 2.51. The number of carbonyl (C=O) groups excluding carboxylic acids is 1. The van der Waals surface area contributed by atoms with E-state index in [1.54, 1.807) is 18.2 Å². The Bertz CT molecular complexity index is 1090. The van der Waals surface area contributed by atoms with Crippen molar-refractivity contribution >= 4 is 21.6 Å². The lowest BCUT2D eigenvalue weighted by Crippen LogP contribution is -2.48. The standard InChI is InChI=1S/C22H28N2O7S/c1-14(16-6-8-20-21(12-16)31-11-10-30-20)23-22(25)15(2)24(32(5,26)27)18-13-17(28-3)7-9-19(18)29-4/h6-9,12-15H,10-11H2,1-5H3,(H,23,25)/t14-,15-/m0/s1. The molecule has 1 N–H and O–H groups in total. The third-order valence-electron chi connectivity index (χ3n) is 5.14. The summed E-state index contributed by atoms with van der Waals surface area (Å²) in [7, 11) is -0.927. The highest BCUT2D eigenvalue weighted by Crippen LogP contribution is 2.36. The molecule has 0 fully saturated rings. The molecular formula is C22H28N2O7S. The molecule has 0 saturated carbocycles. The second-order valence-corrected chi connectivity index (χ2v) is 9.27. The van der Waals surface area contributed by atoms with Gasteiger partial charge in [0.1, 0.15) is 30.8 Å². The number of fused-ring (bicyclic) bond motifs is 1. The molecule has 32 heavy (non-hydrogen) atoms. The van der Waals surface area contributed by atoms with E-state index in [1.807, 2.05) is 19.1 Å². The van der Waals surface area contributed by atoms with E-state index in [1.165, 1.54) is 27.2 Å². The average Bonchev–Trinajstić information content (AvgIpc) is 2.77. The molecule has 0 aromatic heterocycles. The van der Waals surface area contributed by atoms with Crippen molar-refractivity contribution in [1.29, 1.82) is 0 Å². The average molecular weight is 465 g/mol. The number of amides is 1. The number of ether oxygens (including phenoxy) is 4. The zero-order valence-electron chi connectivity index (χ0n) is 18.7. The molecule has 2 aromatic carbocycles. The second kappa shape index (κ2) is 9.56. The normalized spacial score (nSPS) is 14.8. The van der Waals surface area contributed by atoms with E-state index >= 15 is 0 Å². The number of methoxy groups -OCH3 is 2. The van der Waals surface area contributed by atoms with Crippen molar-refractivity contribution in [2.75, 3.05) is 38.0 Å². The Kier molecular flexibility index (Phi) is 7.02. The van der Waals surface area contributed by atoms with E-state index in [0.29, 0.717) is 36.2 Å². The quantitative estimate of drug-likeness (QED) is 0.640. The molecule has 1 amide bonds. The summed E-state index contributed by atoms with van der Waals surface area (Å²) in [6, 6.07) is 8.76. The molecule has 1 heterocycles. The van der Waals surface area contributed by atoms with Gasteiger partial charge in [-0.3, -0.25) is 9.10 Å². The Hall–Kier alpha value is -3.14. The minimum Gasteiger partial charge on any atom is -0.497 e. The fourth-order valence-electron chi connectivity index (χ4n) is 3.50. The van der Waals surface area contributed by atoms with Crippen LogP contribution >= 0.6 is 0 Å². The first-order valence-corrected chi connectivity index (χ1v) is 11.9. The molecule has 10 heteroatoms. The highest BCUT2D eigenvalue weighted by Gasteiger charge is 2.32. The first-order valence-electron chi connectivity index (χ1n) is 10.1. The Balaban J connectivity index is 1.86. The number of sulfonamides is 1. The number of rotatable bonds is 8. The highest BCUT2D eigenvalue weighted by atomic mass is 32.2. The van der Waals surface area contributed by atoms with Crippen molar-refractivity contribution in [3.8, 4) is 23.0 Å². The Morgan fingerprint density at radius 2 is 1.72 bits per heavy atom. The lowest BCUT2D eigenvalue weighted by Gasteiger charge is -2.30. The van der Waals surface area contributed by atoms with E-state index in [2.05, 4.69) is 5.32 Å². The monoisotopic (exact) mass is 464 g/mol. The topological polar surface area (TPSA) is 103 Å². The van der Waals surface area contributed by atoms with E-state index in [9.17, 15) is 13.2 Å². The van der Waals surface area contributed by atoms with Crippen LogP contribution in [-0.2, 0) is 14.8 Å². The van der Waals surface area contributed by atoms with Crippen molar-refractivity contribution in [2.45, 2.75) is 25.9 Å². The van der Waals surface area contributed by atoms with Gasteiger partial charge in [-0.05, 0) is 43.7 Å². The van der Waals surface area contributed by atoms with Gasteiger partial charge in [-0.15, -0.1) is 0 Å². The lowest BCUT2D eigenvalue weighted by atomic mass is 10.1. The molecule has 0 aliphatic carbocycles.